The van der Waals surface area contributed by atoms with Gasteiger partial charge in [0.2, 0.25) is 0 Å². The molecule has 2 nitrogen and oxygen atoms in total. The molecule has 0 saturated carbocycles. The first-order valence-corrected chi connectivity index (χ1v) is 4.32. The normalized spacial score (nSPS) is 20.5. The summed E-state index contributed by atoms with van der Waals surface area (Å²) in [6, 6.07) is 8.15. The summed E-state index contributed by atoms with van der Waals surface area (Å²) in [5, 5.41) is 7.79. The lowest BCUT2D eigenvalue weighted by Crippen LogP contribution is -2.03. The standard InChI is InChI=1S/C11H11N2/c1-9-4-2-3-5-11(9)10-6-7-12-13-8-10/h2-7,10H,1,8H2. The zero-order chi connectivity index (χ0) is 9.10. The fraction of sp³-hybridized carbons (Fsp3) is 0.182. The fourth-order valence-electron chi connectivity index (χ4n) is 1.48. The Morgan fingerprint density at radius 1 is 1.31 bits per heavy atom. The highest BCUT2D eigenvalue weighted by atomic mass is 15.1. The van der Waals surface area contributed by atoms with E-state index in [1.165, 1.54) is 5.56 Å². The van der Waals surface area contributed by atoms with E-state index in [1.54, 1.807) is 6.20 Å². The van der Waals surface area contributed by atoms with Gasteiger partial charge in [0, 0.05) is 12.1 Å². The van der Waals surface area contributed by atoms with Crippen LogP contribution in [0, 0.1) is 6.92 Å². The van der Waals surface area contributed by atoms with Crippen LogP contribution in [0.3, 0.4) is 0 Å². The molecule has 2 heteroatoms. The molecule has 0 aliphatic carbocycles. The van der Waals surface area contributed by atoms with Gasteiger partial charge in [-0.2, -0.15) is 10.2 Å². The van der Waals surface area contributed by atoms with Crippen LogP contribution in [0.2, 0.25) is 0 Å². The molecule has 1 unspecified atom stereocenters. The maximum absolute atomic E-state index is 3.99. The number of benzene rings is 1. The Kier molecular flexibility index (Phi) is 2.21. The molecular formula is C11H11N2. The Morgan fingerprint density at radius 3 is 2.85 bits per heavy atom. The molecule has 1 aromatic carbocycles. The third-order valence-electron chi connectivity index (χ3n) is 2.20. The number of azo groups is 1. The van der Waals surface area contributed by atoms with Gasteiger partial charge in [-0.3, -0.25) is 0 Å². The van der Waals surface area contributed by atoms with Crippen molar-refractivity contribution in [3.8, 4) is 0 Å². The van der Waals surface area contributed by atoms with E-state index < -0.39 is 0 Å². The lowest BCUT2D eigenvalue weighted by Gasteiger charge is -2.14. The zero-order valence-electron chi connectivity index (χ0n) is 7.35. The molecule has 1 aromatic rings. The monoisotopic (exact) mass is 171 g/mol. The maximum atomic E-state index is 3.99. The van der Waals surface area contributed by atoms with Gasteiger partial charge in [-0.1, -0.05) is 30.3 Å². The highest BCUT2D eigenvalue weighted by molar-refractivity contribution is 5.35. The SMILES string of the molecule is [CH2]c1ccccc1C1C=CN=NC1. The van der Waals surface area contributed by atoms with Crippen molar-refractivity contribution in [2.45, 2.75) is 5.92 Å². The quantitative estimate of drug-likeness (QED) is 0.620. The van der Waals surface area contributed by atoms with Crippen molar-refractivity contribution >= 4 is 0 Å². The minimum absolute atomic E-state index is 0.353. The van der Waals surface area contributed by atoms with E-state index in [1.807, 2.05) is 18.2 Å². The van der Waals surface area contributed by atoms with Crippen molar-refractivity contribution in [3.05, 3.63) is 54.6 Å². The smallest absolute Gasteiger partial charge is 0.0707 e. The Morgan fingerprint density at radius 2 is 2.15 bits per heavy atom. The summed E-state index contributed by atoms with van der Waals surface area (Å²) in [6.07, 6.45) is 3.82. The topological polar surface area (TPSA) is 24.7 Å². The predicted octanol–water partition coefficient (Wildman–Crippen LogP) is 2.93. The van der Waals surface area contributed by atoms with Gasteiger partial charge in [-0.15, -0.1) is 0 Å². The molecule has 0 aromatic heterocycles. The zero-order valence-corrected chi connectivity index (χ0v) is 7.35. The average Bonchev–Trinajstić information content (AvgIpc) is 2.20. The van der Waals surface area contributed by atoms with E-state index in [-0.39, 0.29) is 0 Å². The minimum Gasteiger partial charge on any atom is -0.188 e. The van der Waals surface area contributed by atoms with Gasteiger partial charge >= 0.3 is 0 Å². The molecular weight excluding hydrogens is 160 g/mol. The fourth-order valence-corrected chi connectivity index (χ4v) is 1.48. The largest absolute Gasteiger partial charge is 0.188 e. The van der Waals surface area contributed by atoms with Crippen molar-refractivity contribution in [2.24, 2.45) is 10.2 Å². The summed E-state index contributed by atoms with van der Waals surface area (Å²) in [5.41, 5.74) is 2.33. The first-order valence-electron chi connectivity index (χ1n) is 4.32. The second kappa shape index (κ2) is 3.52. The second-order valence-electron chi connectivity index (χ2n) is 3.09. The van der Waals surface area contributed by atoms with Crippen LogP contribution in [0.15, 0.2) is 46.8 Å². The average molecular weight is 171 g/mol. The van der Waals surface area contributed by atoms with Gasteiger partial charge in [0.15, 0.2) is 0 Å². The van der Waals surface area contributed by atoms with Gasteiger partial charge in [0.1, 0.15) is 0 Å². The van der Waals surface area contributed by atoms with Crippen molar-refractivity contribution in [1.82, 2.24) is 0 Å². The third-order valence-corrected chi connectivity index (χ3v) is 2.20. The lowest BCUT2D eigenvalue weighted by molar-refractivity contribution is 0.778. The van der Waals surface area contributed by atoms with Crippen LogP contribution in [-0.4, -0.2) is 6.54 Å². The number of hydrogen-bond acceptors (Lipinski definition) is 2. The van der Waals surface area contributed by atoms with Crippen molar-refractivity contribution in [3.63, 3.8) is 0 Å². The summed E-state index contributed by atoms with van der Waals surface area (Å²) >= 11 is 0. The van der Waals surface area contributed by atoms with E-state index in [9.17, 15) is 0 Å². The molecule has 13 heavy (non-hydrogen) atoms. The molecule has 0 spiro atoms. The summed E-state index contributed by atoms with van der Waals surface area (Å²) in [5.74, 6) is 0.353. The molecule has 1 atom stereocenters. The van der Waals surface area contributed by atoms with Gasteiger partial charge in [0.05, 0.1) is 6.54 Å². The summed E-state index contributed by atoms with van der Waals surface area (Å²) < 4.78 is 0. The highest BCUT2D eigenvalue weighted by Gasteiger charge is 2.11. The van der Waals surface area contributed by atoms with Crippen LogP contribution in [0.4, 0.5) is 0 Å². The molecule has 0 N–H and O–H groups in total. The van der Waals surface area contributed by atoms with Crippen molar-refractivity contribution < 1.29 is 0 Å². The molecule has 65 valence electrons. The highest BCUT2D eigenvalue weighted by Crippen LogP contribution is 2.23. The van der Waals surface area contributed by atoms with Crippen LogP contribution in [0.1, 0.15) is 17.0 Å². The van der Waals surface area contributed by atoms with Gasteiger partial charge in [-0.25, -0.2) is 0 Å². The third kappa shape index (κ3) is 1.66. The molecule has 2 rings (SSSR count). The first-order chi connectivity index (χ1) is 6.38. The van der Waals surface area contributed by atoms with Crippen LogP contribution < -0.4 is 0 Å². The molecule has 0 amide bonds. The molecule has 1 heterocycles. The van der Waals surface area contributed by atoms with E-state index in [4.69, 9.17) is 0 Å². The number of rotatable bonds is 1. The summed E-state index contributed by atoms with van der Waals surface area (Å²) in [7, 11) is 0. The molecule has 0 saturated heterocycles. The Bertz CT molecular complexity index is 353. The molecule has 1 aliphatic heterocycles. The lowest BCUT2D eigenvalue weighted by atomic mass is 9.94. The van der Waals surface area contributed by atoms with Crippen LogP contribution in [0.5, 0.6) is 0 Å². The maximum Gasteiger partial charge on any atom is 0.0707 e. The van der Waals surface area contributed by atoms with Crippen molar-refractivity contribution in [1.29, 1.82) is 0 Å². The predicted molar refractivity (Wildman–Crippen MR) is 52.5 cm³/mol. The van der Waals surface area contributed by atoms with Gasteiger partial charge in [0.25, 0.3) is 0 Å². The number of nitrogens with zero attached hydrogens (tertiary/aromatic N) is 2. The molecule has 1 radical (unpaired) electrons. The van der Waals surface area contributed by atoms with Crippen LogP contribution in [0.25, 0.3) is 0 Å². The molecule has 0 bridgehead atoms. The van der Waals surface area contributed by atoms with Crippen LogP contribution >= 0.6 is 0 Å². The van der Waals surface area contributed by atoms with Gasteiger partial charge < -0.3 is 0 Å². The Hall–Kier alpha value is -1.44. The number of hydrogen-bond donors (Lipinski definition) is 0. The van der Waals surface area contributed by atoms with E-state index in [2.05, 4.69) is 29.3 Å². The first kappa shape index (κ1) is 8.17. The minimum atomic E-state index is 0.353. The Balaban J connectivity index is 2.30. The van der Waals surface area contributed by atoms with E-state index >= 15 is 0 Å². The van der Waals surface area contributed by atoms with Gasteiger partial charge in [-0.05, 0) is 18.1 Å². The van der Waals surface area contributed by atoms with E-state index in [0.29, 0.717) is 5.92 Å². The summed E-state index contributed by atoms with van der Waals surface area (Å²) in [4.78, 5) is 0. The Labute approximate surface area is 78.0 Å². The van der Waals surface area contributed by atoms with E-state index in [0.717, 1.165) is 12.1 Å². The molecule has 1 aliphatic rings. The van der Waals surface area contributed by atoms with Crippen molar-refractivity contribution in [2.75, 3.05) is 6.54 Å². The van der Waals surface area contributed by atoms with Crippen LogP contribution in [-0.2, 0) is 0 Å². The molecule has 0 fully saturated rings. The summed E-state index contributed by atoms with van der Waals surface area (Å²) in [6.45, 7) is 4.73. The second-order valence-corrected chi connectivity index (χ2v) is 3.09.